The fourth-order valence-electron chi connectivity index (χ4n) is 5.02. The average Bonchev–Trinajstić information content (AvgIpc) is 2.78. The van der Waals surface area contributed by atoms with Crippen molar-refractivity contribution in [1.82, 2.24) is 10.6 Å². The lowest BCUT2D eigenvalue weighted by Crippen LogP contribution is -2.36. The van der Waals surface area contributed by atoms with E-state index in [9.17, 15) is 15.0 Å². The molecule has 0 aliphatic carbocycles. The molecule has 0 aromatic heterocycles. The number of nitrogens with one attached hydrogen (secondary N) is 2. The van der Waals surface area contributed by atoms with Crippen molar-refractivity contribution in [2.45, 2.75) is 130 Å². The Morgan fingerprint density at radius 2 is 0.800 bits per heavy atom. The summed E-state index contributed by atoms with van der Waals surface area (Å²) in [4.78, 5) is 12.4. The number of carbonyl (C=O) groups excluding carboxylic acids is 1. The molecule has 2 aromatic carbocycles. The molecule has 2 rings (SSSR count). The van der Waals surface area contributed by atoms with Gasteiger partial charge in [-0.15, -0.1) is 0 Å². The molecule has 0 radical (unpaired) electrons. The molecule has 0 fully saturated rings. The second kappa shape index (κ2) is 12.4. The molecule has 5 heteroatoms. The van der Waals surface area contributed by atoms with Crippen LogP contribution in [0.15, 0.2) is 24.3 Å². The van der Waals surface area contributed by atoms with Gasteiger partial charge in [0.15, 0.2) is 0 Å². The lowest BCUT2D eigenvalue weighted by Gasteiger charge is -2.28. The van der Waals surface area contributed by atoms with E-state index in [2.05, 4.69) is 118 Å². The number of phenolic OH excluding ortho intramolecular Hbond substituents is 2. The first-order chi connectivity index (χ1) is 18.1. The van der Waals surface area contributed by atoms with E-state index >= 15 is 0 Å². The van der Waals surface area contributed by atoms with Gasteiger partial charge in [-0.3, -0.25) is 0 Å². The maximum Gasteiger partial charge on any atom is 0.314 e. The molecule has 0 saturated carbocycles. The summed E-state index contributed by atoms with van der Waals surface area (Å²) in [6.45, 7) is 26.7. The van der Waals surface area contributed by atoms with Crippen LogP contribution in [0.3, 0.4) is 0 Å². The molecule has 0 aliphatic heterocycles. The lowest BCUT2D eigenvalue weighted by molar-refractivity contribution is 0.240. The highest BCUT2D eigenvalue weighted by Gasteiger charge is 2.27. The highest BCUT2D eigenvalue weighted by atomic mass is 16.3. The quantitative estimate of drug-likeness (QED) is 0.249. The molecule has 0 heterocycles. The van der Waals surface area contributed by atoms with Gasteiger partial charge in [-0.05, 0) is 80.7 Å². The summed E-state index contributed by atoms with van der Waals surface area (Å²) in [6.07, 6.45) is 3.31. The number of hydrogen-bond donors (Lipinski definition) is 4. The fourth-order valence-corrected chi connectivity index (χ4v) is 5.02. The number of phenols is 2. The first kappa shape index (κ1) is 33.5. The molecule has 5 nitrogen and oxygen atoms in total. The molecule has 224 valence electrons. The highest BCUT2D eigenvalue weighted by molar-refractivity contribution is 5.73. The highest BCUT2D eigenvalue weighted by Crippen LogP contribution is 2.41. The van der Waals surface area contributed by atoms with Crippen molar-refractivity contribution in [2.24, 2.45) is 0 Å². The molecule has 0 saturated heterocycles. The third-order valence-corrected chi connectivity index (χ3v) is 7.43. The topological polar surface area (TPSA) is 81.6 Å². The number of carbonyl (C=O) groups is 1. The Balaban J connectivity index is 1.91. The van der Waals surface area contributed by atoms with Gasteiger partial charge in [0.25, 0.3) is 0 Å². The van der Waals surface area contributed by atoms with Crippen molar-refractivity contribution < 1.29 is 15.0 Å². The van der Waals surface area contributed by atoms with Gasteiger partial charge in [0, 0.05) is 13.1 Å². The second-order valence-corrected chi connectivity index (χ2v) is 15.5. The Hall–Kier alpha value is -2.69. The minimum atomic E-state index is -0.152. The van der Waals surface area contributed by atoms with Gasteiger partial charge in [-0.1, -0.05) is 107 Å². The maximum atomic E-state index is 12.4. The number of aryl methyl sites for hydroxylation is 2. The van der Waals surface area contributed by atoms with E-state index in [0.29, 0.717) is 24.6 Å². The zero-order valence-electron chi connectivity index (χ0n) is 27.4. The van der Waals surface area contributed by atoms with Crippen LogP contribution in [0.25, 0.3) is 0 Å². The third-order valence-electron chi connectivity index (χ3n) is 7.43. The van der Waals surface area contributed by atoms with Gasteiger partial charge < -0.3 is 20.8 Å². The molecule has 40 heavy (non-hydrogen) atoms. The summed E-state index contributed by atoms with van der Waals surface area (Å²) in [6, 6.07) is 8.32. The zero-order chi connectivity index (χ0) is 30.7. The molecular weight excluding hydrogens is 496 g/mol. The Labute approximate surface area is 244 Å². The summed E-state index contributed by atoms with van der Waals surface area (Å²) in [5, 5.41) is 27.8. The SMILES string of the molecule is CC(C)(C)c1cc(CCCNC(=O)NCCCc2cc(C(C)(C)C)c(O)c(C(C)(C)C)c2)cc(C(C)(C)C)c1O. The van der Waals surface area contributed by atoms with Gasteiger partial charge in [0.05, 0.1) is 0 Å². The number of urea groups is 1. The fraction of sp³-hybridized carbons (Fsp3) is 0.629. The van der Waals surface area contributed by atoms with Crippen LogP contribution in [0.1, 0.15) is 129 Å². The summed E-state index contributed by atoms with van der Waals surface area (Å²) in [5.41, 5.74) is 5.65. The maximum absolute atomic E-state index is 12.4. The van der Waals surface area contributed by atoms with Crippen LogP contribution in [-0.2, 0) is 34.5 Å². The van der Waals surface area contributed by atoms with Gasteiger partial charge in [0.2, 0.25) is 0 Å². The summed E-state index contributed by atoms with van der Waals surface area (Å²) < 4.78 is 0. The van der Waals surface area contributed by atoms with E-state index < -0.39 is 0 Å². The van der Waals surface area contributed by atoms with Crippen molar-refractivity contribution in [3.05, 3.63) is 57.6 Å². The van der Waals surface area contributed by atoms with Crippen molar-refractivity contribution in [3.8, 4) is 11.5 Å². The van der Waals surface area contributed by atoms with Crippen LogP contribution in [0.2, 0.25) is 0 Å². The summed E-state index contributed by atoms with van der Waals surface area (Å²) in [7, 11) is 0. The summed E-state index contributed by atoms with van der Waals surface area (Å²) >= 11 is 0. The van der Waals surface area contributed by atoms with Crippen molar-refractivity contribution in [1.29, 1.82) is 0 Å². The van der Waals surface area contributed by atoms with Crippen molar-refractivity contribution >= 4 is 6.03 Å². The van der Waals surface area contributed by atoms with Crippen LogP contribution in [0, 0.1) is 0 Å². The second-order valence-electron chi connectivity index (χ2n) is 15.5. The molecular formula is C35H56N2O3. The lowest BCUT2D eigenvalue weighted by atomic mass is 9.78. The predicted octanol–water partition coefficient (Wildman–Crippen LogP) is 8.15. The first-order valence-electron chi connectivity index (χ1n) is 14.9. The molecule has 2 amide bonds. The van der Waals surface area contributed by atoms with Crippen LogP contribution in [-0.4, -0.2) is 29.3 Å². The normalized spacial score (nSPS) is 12.9. The first-order valence-corrected chi connectivity index (χ1v) is 14.9. The van der Waals surface area contributed by atoms with Crippen molar-refractivity contribution in [2.75, 3.05) is 13.1 Å². The van der Waals surface area contributed by atoms with E-state index in [4.69, 9.17) is 0 Å². The number of aromatic hydroxyl groups is 2. The number of benzene rings is 2. The van der Waals surface area contributed by atoms with E-state index in [1.54, 1.807) is 0 Å². The van der Waals surface area contributed by atoms with Crippen LogP contribution in [0.4, 0.5) is 4.79 Å². The predicted molar refractivity (Wildman–Crippen MR) is 169 cm³/mol. The average molecular weight is 553 g/mol. The Bertz CT molecular complexity index is 1010. The van der Waals surface area contributed by atoms with Gasteiger partial charge >= 0.3 is 6.03 Å². The Morgan fingerprint density at radius 1 is 0.550 bits per heavy atom. The minimum absolute atomic E-state index is 0.145. The van der Waals surface area contributed by atoms with E-state index in [-0.39, 0.29) is 27.7 Å². The molecule has 2 aromatic rings. The third kappa shape index (κ3) is 9.17. The van der Waals surface area contributed by atoms with Crippen LogP contribution < -0.4 is 10.6 Å². The van der Waals surface area contributed by atoms with E-state index in [1.807, 2.05) is 0 Å². The molecule has 0 atom stereocenters. The molecule has 0 unspecified atom stereocenters. The monoisotopic (exact) mass is 552 g/mol. The molecule has 0 spiro atoms. The minimum Gasteiger partial charge on any atom is -0.507 e. The summed E-state index contributed by atoms with van der Waals surface area (Å²) in [5.74, 6) is 0.802. The van der Waals surface area contributed by atoms with Crippen molar-refractivity contribution in [3.63, 3.8) is 0 Å². The molecule has 4 N–H and O–H groups in total. The zero-order valence-corrected chi connectivity index (χ0v) is 27.4. The Morgan fingerprint density at radius 3 is 1.02 bits per heavy atom. The van der Waals surface area contributed by atoms with Crippen LogP contribution >= 0.6 is 0 Å². The van der Waals surface area contributed by atoms with E-state index in [1.165, 1.54) is 11.1 Å². The van der Waals surface area contributed by atoms with Gasteiger partial charge in [0.1, 0.15) is 11.5 Å². The number of amides is 2. The smallest absolute Gasteiger partial charge is 0.314 e. The molecule has 0 aliphatic rings. The Kier molecular flexibility index (Phi) is 10.4. The van der Waals surface area contributed by atoms with Gasteiger partial charge in [-0.2, -0.15) is 0 Å². The number of rotatable bonds is 8. The largest absolute Gasteiger partial charge is 0.507 e. The standard InChI is InChI=1S/C35H56N2O3/c1-32(2,3)25-19-23(20-26(29(25)38)33(4,5)6)15-13-17-36-31(40)37-18-14-16-24-21-27(34(7,8)9)30(39)28(22-24)35(10,11)12/h19-22,38-39H,13-18H2,1-12H3,(H2,36,37,40). The molecule has 0 bridgehead atoms. The number of hydrogen-bond acceptors (Lipinski definition) is 3. The van der Waals surface area contributed by atoms with E-state index in [0.717, 1.165) is 47.9 Å². The van der Waals surface area contributed by atoms with Crippen LogP contribution in [0.5, 0.6) is 11.5 Å². The van der Waals surface area contributed by atoms with Gasteiger partial charge in [-0.25, -0.2) is 4.79 Å².